The minimum absolute atomic E-state index is 0.0425. The van der Waals surface area contributed by atoms with Gasteiger partial charge in [0.1, 0.15) is 6.04 Å². The first kappa shape index (κ1) is 15.1. The van der Waals surface area contributed by atoms with Crippen LogP contribution in [0.15, 0.2) is 33.6 Å². The van der Waals surface area contributed by atoms with Crippen LogP contribution in [-0.2, 0) is 19.6 Å². The summed E-state index contributed by atoms with van der Waals surface area (Å²) >= 11 is 3.18. The zero-order valence-corrected chi connectivity index (χ0v) is 13.1. The third-order valence-corrected chi connectivity index (χ3v) is 5.89. The van der Waals surface area contributed by atoms with Crippen LogP contribution < -0.4 is 5.32 Å². The van der Waals surface area contributed by atoms with Gasteiger partial charge in [-0.25, -0.2) is 8.42 Å². The lowest BCUT2D eigenvalue weighted by molar-refractivity contribution is -0.137. The molecule has 0 aliphatic carbocycles. The Labute approximate surface area is 125 Å². The third-order valence-electron chi connectivity index (χ3n) is 3.02. The standard InChI is InChI=1S/C12H13BrN2O4S/c1-2-9-12(17)14-11(16)7-15(9)20(18,19)10-6-4-3-5-8(10)13/h3-6,9H,2,7H2,1H3,(H,14,16,17). The molecule has 1 aromatic rings. The fourth-order valence-electron chi connectivity index (χ4n) is 2.06. The summed E-state index contributed by atoms with van der Waals surface area (Å²) < 4.78 is 26.6. The largest absolute Gasteiger partial charge is 0.294 e. The van der Waals surface area contributed by atoms with Crippen molar-refractivity contribution in [2.45, 2.75) is 24.3 Å². The van der Waals surface area contributed by atoms with Crippen LogP contribution in [-0.4, -0.2) is 37.1 Å². The summed E-state index contributed by atoms with van der Waals surface area (Å²) in [6.45, 7) is 1.34. The Bertz CT molecular complexity index is 659. The molecule has 1 unspecified atom stereocenters. The van der Waals surface area contributed by atoms with Crippen molar-refractivity contribution in [2.75, 3.05) is 6.54 Å². The average molecular weight is 361 g/mol. The van der Waals surface area contributed by atoms with E-state index in [1.54, 1.807) is 25.1 Å². The highest BCUT2D eigenvalue weighted by atomic mass is 79.9. The van der Waals surface area contributed by atoms with Gasteiger partial charge in [0.05, 0.1) is 11.4 Å². The van der Waals surface area contributed by atoms with Crippen molar-refractivity contribution in [3.05, 3.63) is 28.7 Å². The van der Waals surface area contributed by atoms with Gasteiger partial charge in [-0.05, 0) is 34.5 Å². The van der Waals surface area contributed by atoms with Crippen molar-refractivity contribution in [3.8, 4) is 0 Å². The summed E-state index contributed by atoms with van der Waals surface area (Å²) in [5, 5.41) is 2.15. The van der Waals surface area contributed by atoms with E-state index in [9.17, 15) is 18.0 Å². The molecule has 1 heterocycles. The Hall–Kier alpha value is -1.25. The summed E-state index contributed by atoms with van der Waals surface area (Å²) in [7, 11) is -3.92. The fourth-order valence-corrected chi connectivity index (χ4v) is 4.65. The second-order valence-electron chi connectivity index (χ2n) is 4.32. The van der Waals surface area contributed by atoms with Crippen LogP contribution in [0, 0.1) is 0 Å². The number of halogens is 1. The maximum atomic E-state index is 12.6. The van der Waals surface area contributed by atoms with Crippen LogP contribution in [0.4, 0.5) is 0 Å². The second-order valence-corrected chi connectivity index (χ2v) is 7.03. The quantitative estimate of drug-likeness (QED) is 0.810. The highest BCUT2D eigenvalue weighted by Crippen LogP contribution is 2.27. The number of nitrogens with one attached hydrogen (secondary N) is 1. The van der Waals surface area contributed by atoms with Crippen molar-refractivity contribution >= 4 is 37.8 Å². The summed E-state index contributed by atoms with van der Waals surface area (Å²) in [6, 6.07) is 5.44. The van der Waals surface area contributed by atoms with E-state index in [0.717, 1.165) is 4.31 Å². The van der Waals surface area contributed by atoms with Crippen molar-refractivity contribution in [1.82, 2.24) is 9.62 Å². The van der Waals surface area contributed by atoms with Gasteiger partial charge in [-0.3, -0.25) is 14.9 Å². The number of hydrogen-bond donors (Lipinski definition) is 1. The minimum Gasteiger partial charge on any atom is -0.294 e. The number of amides is 2. The van der Waals surface area contributed by atoms with Crippen LogP contribution >= 0.6 is 15.9 Å². The zero-order valence-electron chi connectivity index (χ0n) is 10.7. The molecule has 1 aliphatic heterocycles. The van der Waals surface area contributed by atoms with Crippen LogP contribution in [0.2, 0.25) is 0 Å². The maximum Gasteiger partial charge on any atom is 0.245 e. The lowest BCUT2D eigenvalue weighted by atomic mass is 10.2. The Morgan fingerprint density at radius 1 is 1.35 bits per heavy atom. The molecule has 20 heavy (non-hydrogen) atoms. The van der Waals surface area contributed by atoms with Gasteiger partial charge in [-0.15, -0.1) is 0 Å². The van der Waals surface area contributed by atoms with E-state index in [-0.39, 0.29) is 11.4 Å². The number of sulfonamides is 1. The topological polar surface area (TPSA) is 83.6 Å². The van der Waals surface area contributed by atoms with Crippen molar-refractivity contribution in [1.29, 1.82) is 0 Å². The fraction of sp³-hybridized carbons (Fsp3) is 0.333. The summed E-state index contributed by atoms with van der Waals surface area (Å²) in [5.74, 6) is -1.20. The van der Waals surface area contributed by atoms with Gasteiger partial charge in [-0.2, -0.15) is 4.31 Å². The van der Waals surface area contributed by atoms with Gasteiger partial charge in [0.2, 0.25) is 21.8 Å². The van der Waals surface area contributed by atoms with E-state index >= 15 is 0 Å². The number of nitrogens with zero attached hydrogens (tertiary/aromatic N) is 1. The lowest BCUT2D eigenvalue weighted by Gasteiger charge is -2.32. The van der Waals surface area contributed by atoms with E-state index < -0.39 is 27.9 Å². The molecule has 0 saturated carbocycles. The van der Waals surface area contributed by atoms with E-state index in [1.165, 1.54) is 6.07 Å². The molecule has 6 nitrogen and oxygen atoms in total. The van der Waals surface area contributed by atoms with Crippen LogP contribution in [0.25, 0.3) is 0 Å². The Balaban J connectivity index is 2.49. The number of hydrogen-bond acceptors (Lipinski definition) is 4. The van der Waals surface area contributed by atoms with Crippen molar-refractivity contribution in [2.24, 2.45) is 0 Å². The Morgan fingerprint density at radius 2 is 2.00 bits per heavy atom. The zero-order chi connectivity index (χ0) is 14.9. The summed E-state index contributed by atoms with van der Waals surface area (Å²) in [6.07, 6.45) is 0.294. The smallest absolute Gasteiger partial charge is 0.245 e. The van der Waals surface area contributed by atoms with Gasteiger partial charge in [0.15, 0.2) is 0 Å². The third kappa shape index (κ3) is 2.63. The van der Waals surface area contributed by atoms with E-state index in [1.807, 2.05) is 0 Å². The molecule has 1 atom stereocenters. The molecule has 0 spiro atoms. The Kier molecular flexibility index (Phi) is 4.26. The highest BCUT2D eigenvalue weighted by Gasteiger charge is 2.41. The molecule has 1 N–H and O–H groups in total. The number of imide groups is 1. The average Bonchev–Trinajstić information content (AvgIpc) is 2.38. The van der Waals surface area contributed by atoms with Crippen LogP contribution in [0.5, 0.6) is 0 Å². The van der Waals surface area contributed by atoms with Gasteiger partial charge in [-0.1, -0.05) is 19.1 Å². The Morgan fingerprint density at radius 3 is 2.60 bits per heavy atom. The number of piperazine rings is 1. The molecule has 2 rings (SSSR count). The minimum atomic E-state index is -3.92. The van der Waals surface area contributed by atoms with Gasteiger partial charge in [0.25, 0.3) is 0 Å². The summed E-state index contributed by atoms with van der Waals surface area (Å²) in [4.78, 5) is 23.3. The monoisotopic (exact) mass is 360 g/mol. The van der Waals surface area contributed by atoms with E-state index in [4.69, 9.17) is 0 Å². The highest BCUT2D eigenvalue weighted by molar-refractivity contribution is 9.10. The van der Waals surface area contributed by atoms with Crippen molar-refractivity contribution < 1.29 is 18.0 Å². The molecule has 1 saturated heterocycles. The first-order chi connectivity index (χ1) is 9.37. The normalized spacial score (nSPS) is 20.8. The first-order valence-corrected chi connectivity index (χ1v) is 8.21. The molecule has 8 heteroatoms. The second kappa shape index (κ2) is 5.63. The molecule has 2 amide bonds. The summed E-state index contributed by atoms with van der Waals surface area (Å²) in [5.41, 5.74) is 0. The molecule has 0 bridgehead atoms. The molecule has 108 valence electrons. The molecular formula is C12H13BrN2O4S. The number of carbonyl (C=O) groups is 2. The van der Waals surface area contributed by atoms with Gasteiger partial charge in [0, 0.05) is 4.47 Å². The molecule has 1 aromatic carbocycles. The molecule has 1 aliphatic rings. The number of carbonyl (C=O) groups excluding carboxylic acids is 2. The molecule has 1 fully saturated rings. The number of benzene rings is 1. The van der Waals surface area contributed by atoms with Crippen LogP contribution in [0.3, 0.4) is 0 Å². The molecule has 0 radical (unpaired) electrons. The molecule has 0 aromatic heterocycles. The first-order valence-electron chi connectivity index (χ1n) is 5.98. The van der Waals surface area contributed by atoms with E-state index in [0.29, 0.717) is 10.9 Å². The number of rotatable bonds is 3. The SMILES string of the molecule is CCC1C(=O)NC(=O)CN1S(=O)(=O)c1ccccc1Br. The van der Waals surface area contributed by atoms with Crippen molar-refractivity contribution in [3.63, 3.8) is 0 Å². The lowest BCUT2D eigenvalue weighted by Crippen LogP contribution is -2.59. The van der Waals surface area contributed by atoms with Gasteiger partial charge < -0.3 is 0 Å². The van der Waals surface area contributed by atoms with Crippen LogP contribution in [0.1, 0.15) is 13.3 Å². The predicted octanol–water partition coefficient (Wildman–Crippen LogP) is 0.875. The van der Waals surface area contributed by atoms with E-state index in [2.05, 4.69) is 21.2 Å². The van der Waals surface area contributed by atoms with Gasteiger partial charge >= 0.3 is 0 Å². The maximum absolute atomic E-state index is 12.6. The molecular weight excluding hydrogens is 348 g/mol. The predicted molar refractivity (Wildman–Crippen MR) is 75.3 cm³/mol.